The molecule has 0 spiro atoms. The monoisotopic (exact) mass is 229 g/mol. The first-order valence-electron chi connectivity index (χ1n) is 6.19. The van der Waals surface area contributed by atoms with Gasteiger partial charge in [-0.1, -0.05) is 18.2 Å². The van der Waals surface area contributed by atoms with Gasteiger partial charge in [0.1, 0.15) is 0 Å². The summed E-state index contributed by atoms with van der Waals surface area (Å²) in [4.78, 5) is 2.32. The van der Waals surface area contributed by atoms with E-state index < -0.39 is 0 Å². The van der Waals surface area contributed by atoms with E-state index in [1.54, 1.807) is 0 Å². The molecule has 0 saturated heterocycles. The van der Waals surface area contributed by atoms with Crippen LogP contribution in [0.25, 0.3) is 0 Å². The lowest BCUT2D eigenvalue weighted by Crippen LogP contribution is -2.27. The Morgan fingerprint density at radius 1 is 1.53 bits per heavy atom. The fourth-order valence-corrected chi connectivity index (χ4v) is 2.58. The molecule has 90 valence electrons. The Morgan fingerprint density at radius 3 is 3.00 bits per heavy atom. The van der Waals surface area contributed by atoms with Gasteiger partial charge in [0.2, 0.25) is 0 Å². The molecule has 3 nitrogen and oxygen atoms in total. The van der Waals surface area contributed by atoms with Crippen molar-refractivity contribution in [3.63, 3.8) is 0 Å². The topological polar surface area (TPSA) is 53.0 Å². The largest absolute Gasteiger partial charge is 0.369 e. The second-order valence-electron chi connectivity index (χ2n) is 4.77. The second-order valence-corrected chi connectivity index (χ2v) is 4.77. The second kappa shape index (κ2) is 5.20. The van der Waals surface area contributed by atoms with Crippen LogP contribution >= 0.6 is 0 Å². The van der Waals surface area contributed by atoms with Crippen molar-refractivity contribution in [3.8, 4) is 6.07 Å². The molecular formula is C14H19N3. The fraction of sp³-hybridized carbons (Fsp3) is 0.500. The molecular weight excluding hydrogens is 210 g/mol. The molecule has 1 aromatic rings. The van der Waals surface area contributed by atoms with Crippen molar-refractivity contribution < 1.29 is 0 Å². The number of hydrogen-bond acceptors (Lipinski definition) is 3. The van der Waals surface area contributed by atoms with Crippen LogP contribution in [0, 0.1) is 17.2 Å². The SMILES string of the molecule is CC(C#N)CN1CC(CCN)c2ccccc21. The lowest BCUT2D eigenvalue weighted by molar-refractivity contribution is 0.616. The van der Waals surface area contributed by atoms with Crippen molar-refractivity contribution >= 4 is 5.69 Å². The summed E-state index contributed by atoms with van der Waals surface area (Å²) in [6.45, 7) is 4.51. The Morgan fingerprint density at radius 2 is 2.29 bits per heavy atom. The summed E-state index contributed by atoms with van der Waals surface area (Å²) in [6.07, 6.45) is 1.02. The zero-order valence-corrected chi connectivity index (χ0v) is 10.3. The molecule has 1 aliphatic rings. The minimum absolute atomic E-state index is 0.0692. The number of hydrogen-bond donors (Lipinski definition) is 1. The van der Waals surface area contributed by atoms with E-state index in [0.717, 1.165) is 26.1 Å². The summed E-state index contributed by atoms with van der Waals surface area (Å²) in [5, 5.41) is 8.92. The smallest absolute Gasteiger partial charge is 0.0671 e. The molecule has 1 aliphatic heterocycles. The van der Waals surface area contributed by atoms with Crippen LogP contribution in [0.4, 0.5) is 5.69 Å². The molecule has 0 amide bonds. The van der Waals surface area contributed by atoms with Crippen molar-refractivity contribution in [2.75, 3.05) is 24.5 Å². The van der Waals surface area contributed by atoms with E-state index in [0.29, 0.717) is 5.92 Å². The highest BCUT2D eigenvalue weighted by molar-refractivity contribution is 5.60. The molecule has 3 heteroatoms. The molecule has 2 unspecified atom stereocenters. The molecule has 0 aliphatic carbocycles. The predicted molar refractivity (Wildman–Crippen MR) is 69.8 cm³/mol. The van der Waals surface area contributed by atoms with Gasteiger partial charge in [0.25, 0.3) is 0 Å². The van der Waals surface area contributed by atoms with Crippen molar-refractivity contribution in [3.05, 3.63) is 29.8 Å². The molecule has 2 N–H and O–H groups in total. The molecule has 0 aromatic heterocycles. The number of nitrogens with two attached hydrogens (primary N) is 1. The Hall–Kier alpha value is -1.53. The number of nitriles is 1. The summed E-state index contributed by atoms with van der Waals surface area (Å²) in [5.41, 5.74) is 8.34. The molecule has 2 rings (SSSR count). The number of anilines is 1. The average molecular weight is 229 g/mol. The van der Waals surface area contributed by atoms with Crippen molar-refractivity contribution in [1.29, 1.82) is 5.26 Å². The van der Waals surface area contributed by atoms with Gasteiger partial charge in [-0.2, -0.15) is 5.26 Å². The first kappa shape index (κ1) is 11.9. The summed E-state index contributed by atoms with van der Waals surface area (Å²) in [5.74, 6) is 0.599. The van der Waals surface area contributed by atoms with Crippen LogP contribution in [0.3, 0.4) is 0 Å². The highest BCUT2D eigenvalue weighted by atomic mass is 15.2. The van der Waals surface area contributed by atoms with Gasteiger partial charge in [-0.15, -0.1) is 0 Å². The maximum absolute atomic E-state index is 8.92. The Bertz CT molecular complexity index is 422. The van der Waals surface area contributed by atoms with Crippen LogP contribution in [-0.4, -0.2) is 19.6 Å². The summed E-state index contributed by atoms with van der Waals surface area (Å²) in [7, 11) is 0. The minimum atomic E-state index is 0.0692. The third-order valence-electron chi connectivity index (χ3n) is 3.39. The highest BCUT2D eigenvalue weighted by Crippen LogP contribution is 2.37. The molecule has 0 saturated carbocycles. The van der Waals surface area contributed by atoms with Crippen LogP contribution in [0.2, 0.25) is 0 Å². The normalized spacial score (nSPS) is 19.8. The lowest BCUT2D eigenvalue weighted by Gasteiger charge is -2.21. The van der Waals surface area contributed by atoms with Gasteiger partial charge in [0.05, 0.1) is 12.0 Å². The fourth-order valence-electron chi connectivity index (χ4n) is 2.58. The van der Waals surface area contributed by atoms with Gasteiger partial charge in [0.15, 0.2) is 0 Å². The van der Waals surface area contributed by atoms with Crippen LogP contribution < -0.4 is 10.6 Å². The maximum atomic E-state index is 8.92. The van der Waals surface area contributed by atoms with Crippen molar-refractivity contribution in [2.45, 2.75) is 19.3 Å². The quantitative estimate of drug-likeness (QED) is 0.860. The average Bonchev–Trinajstić information content (AvgIpc) is 2.69. The molecule has 2 atom stereocenters. The number of rotatable bonds is 4. The first-order chi connectivity index (χ1) is 8.26. The maximum Gasteiger partial charge on any atom is 0.0671 e. The van der Waals surface area contributed by atoms with Gasteiger partial charge in [-0.25, -0.2) is 0 Å². The van der Waals surface area contributed by atoms with Crippen molar-refractivity contribution in [1.82, 2.24) is 0 Å². The molecule has 1 aromatic carbocycles. The Kier molecular flexibility index (Phi) is 3.65. The van der Waals surface area contributed by atoms with Crippen LogP contribution in [0.5, 0.6) is 0 Å². The number of para-hydroxylation sites is 1. The van der Waals surface area contributed by atoms with E-state index in [1.807, 2.05) is 6.92 Å². The van der Waals surface area contributed by atoms with Gasteiger partial charge in [-0.3, -0.25) is 0 Å². The first-order valence-corrected chi connectivity index (χ1v) is 6.19. The Balaban J connectivity index is 2.20. The van der Waals surface area contributed by atoms with E-state index in [2.05, 4.69) is 35.2 Å². The lowest BCUT2D eigenvalue weighted by atomic mass is 9.98. The van der Waals surface area contributed by atoms with Gasteiger partial charge < -0.3 is 10.6 Å². The zero-order chi connectivity index (χ0) is 12.3. The van der Waals surface area contributed by atoms with E-state index in [9.17, 15) is 0 Å². The third kappa shape index (κ3) is 2.42. The summed E-state index contributed by atoms with van der Waals surface area (Å²) < 4.78 is 0. The number of fused-ring (bicyclic) bond motifs is 1. The standard InChI is InChI=1S/C14H19N3/c1-11(8-16)9-17-10-12(6-7-15)13-4-2-3-5-14(13)17/h2-5,11-12H,6-7,9-10,15H2,1H3. The molecule has 0 bridgehead atoms. The van der Waals surface area contributed by atoms with Gasteiger partial charge >= 0.3 is 0 Å². The van der Waals surface area contributed by atoms with Crippen LogP contribution in [-0.2, 0) is 0 Å². The van der Waals surface area contributed by atoms with E-state index in [-0.39, 0.29) is 5.92 Å². The highest BCUT2D eigenvalue weighted by Gasteiger charge is 2.28. The predicted octanol–water partition coefficient (Wildman–Crippen LogP) is 2.10. The van der Waals surface area contributed by atoms with Crippen molar-refractivity contribution in [2.24, 2.45) is 11.7 Å². The molecule has 0 fully saturated rings. The summed E-state index contributed by atoms with van der Waals surface area (Å²) >= 11 is 0. The number of nitrogens with zero attached hydrogens (tertiary/aromatic N) is 2. The summed E-state index contributed by atoms with van der Waals surface area (Å²) in [6, 6.07) is 10.8. The van der Waals surface area contributed by atoms with E-state index in [1.165, 1.54) is 11.3 Å². The minimum Gasteiger partial charge on any atom is -0.369 e. The molecule has 17 heavy (non-hydrogen) atoms. The van der Waals surface area contributed by atoms with Crippen LogP contribution in [0.1, 0.15) is 24.8 Å². The third-order valence-corrected chi connectivity index (χ3v) is 3.39. The van der Waals surface area contributed by atoms with Gasteiger partial charge in [-0.05, 0) is 31.5 Å². The zero-order valence-electron chi connectivity index (χ0n) is 10.3. The molecule has 1 heterocycles. The molecule has 0 radical (unpaired) electrons. The van der Waals surface area contributed by atoms with Gasteiger partial charge in [0, 0.05) is 24.7 Å². The van der Waals surface area contributed by atoms with Crippen LogP contribution in [0.15, 0.2) is 24.3 Å². The van der Waals surface area contributed by atoms with E-state index >= 15 is 0 Å². The number of benzene rings is 1. The van der Waals surface area contributed by atoms with E-state index in [4.69, 9.17) is 11.0 Å². The Labute approximate surface area is 103 Å².